The van der Waals surface area contributed by atoms with Crippen LogP contribution in [0.3, 0.4) is 0 Å². The molecular formula is C21H26FNO. The smallest absolute Gasteiger partial charge is 0.123 e. The van der Waals surface area contributed by atoms with Gasteiger partial charge in [0.1, 0.15) is 11.6 Å². The number of halogens is 1. The molecule has 128 valence electrons. The van der Waals surface area contributed by atoms with Crippen LogP contribution in [0.4, 0.5) is 4.39 Å². The highest BCUT2D eigenvalue weighted by atomic mass is 19.1. The van der Waals surface area contributed by atoms with E-state index >= 15 is 0 Å². The van der Waals surface area contributed by atoms with Crippen molar-refractivity contribution in [3.05, 3.63) is 65.5 Å². The van der Waals surface area contributed by atoms with Gasteiger partial charge in [0, 0.05) is 6.04 Å². The van der Waals surface area contributed by atoms with Crippen LogP contribution >= 0.6 is 0 Å². The molecule has 1 fully saturated rings. The van der Waals surface area contributed by atoms with Gasteiger partial charge in [-0.2, -0.15) is 0 Å². The zero-order valence-corrected chi connectivity index (χ0v) is 14.0. The summed E-state index contributed by atoms with van der Waals surface area (Å²) in [7, 11) is 0. The number of rotatable bonds is 6. The molecule has 0 saturated heterocycles. The first-order valence-corrected chi connectivity index (χ1v) is 8.97. The van der Waals surface area contributed by atoms with Crippen molar-refractivity contribution in [3.63, 3.8) is 0 Å². The minimum atomic E-state index is -0.165. The first kappa shape index (κ1) is 17.0. The average molecular weight is 327 g/mol. The van der Waals surface area contributed by atoms with Gasteiger partial charge in [0.05, 0.1) is 0 Å². The normalized spacial score (nSPS) is 20.9. The van der Waals surface area contributed by atoms with Gasteiger partial charge in [-0.3, -0.25) is 0 Å². The van der Waals surface area contributed by atoms with Gasteiger partial charge in [0.25, 0.3) is 0 Å². The standard InChI is InChI=1S/C21H26FNO/c22-19-9-3-16(4-10-19)2-1-15-23-20-11-5-17(6-12-20)18-7-13-21(24)14-8-18/h3-4,7-10,13-14,17,20,23-24H,1-2,5-6,11-12,15H2/t17-,20-. The molecular weight excluding hydrogens is 301 g/mol. The van der Waals surface area contributed by atoms with E-state index in [1.165, 1.54) is 48.9 Å². The molecule has 0 unspecified atom stereocenters. The second-order valence-corrected chi connectivity index (χ2v) is 6.82. The first-order valence-electron chi connectivity index (χ1n) is 8.97. The van der Waals surface area contributed by atoms with Crippen molar-refractivity contribution in [3.8, 4) is 5.75 Å². The lowest BCUT2D eigenvalue weighted by Crippen LogP contribution is -2.33. The van der Waals surface area contributed by atoms with Crippen molar-refractivity contribution in [1.82, 2.24) is 5.32 Å². The zero-order chi connectivity index (χ0) is 16.8. The van der Waals surface area contributed by atoms with Crippen LogP contribution < -0.4 is 5.32 Å². The Hall–Kier alpha value is -1.87. The number of phenols is 1. The van der Waals surface area contributed by atoms with Gasteiger partial charge in [-0.25, -0.2) is 4.39 Å². The Balaban J connectivity index is 1.35. The van der Waals surface area contributed by atoms with Crippen LogP contribution in [0.25, 0.3) is 0 Å². The van der Waals surface area contributed by atoms with Crippen molar-refractivity contribution in [2.24, 2.45) is 0 Å². The van der Waals surface area contributed by atoms with Crippen LogP contribution in [0.1, 0.15) is 49.1 Å². The summed E-state index contributed by atoms with van der Waals surface area (Å²) in [6, 6.07) is 15.1. The lowest BCUT2D eigenvalue weighted by Gasteiger charge is -2.29. The number of aryl methyl sites for hydroxylation is 1. The Bertz CT molecular complexity index is 615. The van der Waals surface area contributed by atoms with Crippen LogP contribution in [0.5, 0.6) is 5.75 Å². The van der Waals surface area contributed by atoms with Gasteiger partial charge < -0.3 is 10.4 Å². The Labute approximate surface area is 143 Å². The van der Waals surface area contributed by atoms with Crippen molar-refractivity contribution >= 4 is 0 Å². The third-order valence-electron chi connectivity index (χ3n) is 5.08. The van der Waals surface area contributed by atoms with Crippen molar-refractivity contribution in [2.45, 2.75) is 50.5 Å². The van der Waals surface area contributed by atoms with E-state index in [0.717, 1.165) is 19.4 Å². The fraction of sp³-hybridized carbons (Fsp3) is 0.429. The van der Waals surface area contributed by atoms with E-state index in [-0.39, 0.29) is 5.82 Å². The van der Waals surface area contributed by atoms with Gasteiger partial charge in [0.2, 0.25) is 0 Å². The van der Waals surface area contributed by atoms with Crippen molar-refractivity contribution in [1.29, 1.82) is 0 Å². The molecule has 0 radical (unpaired) electrons. The molecule has 2 aromatic rings. The number of benzene rings is 2. The Kier molecular flexibility index (Phi) is 5.86. The quantitative estimate of drug-likeness (QED) is 0.748. The molecule has 2 nitrogen and oxygen atoms in total. The molecule has 3 heteroatoms. The number of phenolic OH excluding ortho intramolecular Hbond substituents is 1. The number of hydrogen-bond acceptors (Lipinski definition) is 2. The average Bonchev–Trinajstić information content (AvgIpc) is 2.62. The maximum absolute atomic E-state index is 12.9. The van der Waals surface area contributed by atoms with Crippen LogP contribution in [-0.2, 0) is 6.42 Å². The van der Waals surface area contributed by atoms with Crippen LogP contribution in [-0.4, -0.2) is 17.7 Å². The maximum Gasteiger partial charge on any atom is 0.123 e. The SMILES string of the molecule is Oc1ccc([C@H]2CC[C@H](NCCCc3ccc(F)cc3)CC2)cc1. The molecule has 3 rings (SSSR count). The third-order valence-corrected chi connectivity index (χ3v) is 5.08. The molecule has 1 aliphatic rings. The van der Waals surface area contributed by atoms with Crippen LogP contribution in [0.15, 0.2) is 48.5 Å². The second kappa shape index (κ2) is 8.29. The molecule has 0 heterocycles. The Morgan fingerprint density at radius 2 is 1.58 bits per heavy atom. The highest BCUT2D eigenvalue weighted by molar-refractivity contribution is 5.28. The summed E-state index contributed by atoms with van der Waals surface area (Å²) in [5.74, 6) is 0.806. The molecule has 0 aliphatic heterocycles. The van der Waals surface area contributed by atoms with E-state index in [0.29, 0.717) is 17.7 Å². The van der Waals surface area contributed by atoms with Gasteiger partial charge in [-0.1, -0.05) is 24.3 Å². The summed E-state index contributed by atoms with van der Waals surface area (Å²) >= 11 is 0. The van der Waals surface area contributed by atoms with Gasteiger partial charge >= 0.3 is 0 Å². The Morgan fingerprint density at radius 1 is 0.917 bits per heavy atom. The van der Waals surface area contributed by atoms with Crippen molar-refractivity contribution in [2.75, 3.05) is 6.54 Å². The minimum Gasteiger partial charge on any atom is -0.508 e. The summed E-state index contributed by atoms with van der Waals surface area (Å²) < 4.78 is 12.9. The molecule has 0 spiro atoms. The molecule has 0 atom stereocenters. The summed E-state index contributed by atoms with van der Waals surface area (Å²) in [6.07, 6.45) is 6.92. The fourth-order valence-electron chi connectivity index (χ4n) is 3.63. The minimum absolute atomic E-state index is 0.165. The first-order chi connectivity index (χ1) is 11.7. The predicted octanol–water partition coefficient (Wildman–Crippen LogP) is 4.78. The largest absolute Gasteiger partial charge is 0.508 e. The highest BCUT2D eigenvalue weighted by Crippen LogP contribution is 2.33. The molecule has 24 heavy (non-hydrogen) atoms. The van der Waals surface area contributed by atoms with E-state index in [9.17, 15) is 9.50 Å². The second-order valence-electron chi connectivity index (χ2n) is 6.82. The van der Waals surface area contributed by atoms with E-state index in [1.54, 1.807) is 12.1 Å². The van der Waals surface area contributed by atoms with E-state index in [4.69, 9.17) is 0 Å². The van der Waals surface area contributed by atoms with Gasteiger partial charge in [-0.05, 0) is 86.4 Å². The number of nitrogens with one attached hydrogen (secondary N) is 1. The topological polar surface area (TPSA) is 32.3 Å². The summed E-state index contributed by atoms with van der Waals surface area (Å²) in [4.78, 5) is 0. The molecule has 0 aromatic heterocycles. The summed E-state index contributed by atoms with van der Waals surface area (Å²) in [5.41, 5.74) is 2.55. The molecule has 0 bridgehead atoms. The summed E-state index contributed by atoms with van der Waals surface area (Å²) in [6.45, 7) is 1.02. The van der Waals surface area contributed by atoms with Crippen LogP contribution in [0, 0.1) is 5.82 Å². The van der Waals surface area contributed by atoms with E-state index in [1.807, 2.05) is 12.1 Å². The number of hydrogen-bond donors (Lipinski definition) is 2. The Morgan fingerprint density at radius 3 is 2.25 bits per heavy atom. The van der Waals surface area contributed by atoms with Crippen LogP contribution in [0.2, 0.25) is 0 Å². The van der Waals surface area contributed by atoms with E-state index < -0.39 is 0 Å². The lowest BCUT2D eigenvalue weighted by molar-refractivity contribution is 0.342. The molecule has 2 aromatic carbocycles. The predicted molar refractivity (Wildman–Crippen MR) is 95.8 cm³/mol. The molecule has 1 saturated carbocycles. The van der Waals surface area contributed by atoms with Crippen molar-refractivity contribution < 1.29 is 9.50 Å². The zero-order valence-electron chi connectivity index (χ0n) is 14.0. The molecule has 1 aliphatic carbocycles. The number of aromatic hydroxyl groups is 1. The van der Waals surface area contributed by atoms with E-state index in [2.05, 4.69) is 17.4 Å². The molecule has 2 N–H and O–H groups in total. The monoisotopic (exact) mass is 327 g/mol. The fourth-order valence-corrected chi connectivity index (χ4v) is 3.63. The highest BCUT2D eigenvalue weighted by Gasteiger charge is 2.21. The molecule has 0 amide bonds. The maximum atomic E-state index is 12.9. The third kappa shape index (κ3) is 4.81. The summed E-state index contributed by atoms with van der Waals surface area (Å²) in [5, 5.41) is 13.1. The van der Waals surface area contributed by atoms with Gasteiger partial charge in [-0.15, -0.1) is 0 Å². The lowest BCUT2D eigenvalue weighted by atomic mass is 9.81. The van der Waals surface area contributed by atoms with Gasteiger partial charge in [0.15, 0.2) is 0 Å².